The summed E-state index contributed by atoms with van der Waals surface area (Å²) in [6.07, 6.45) is 2.00. The van der Waals surface area contributed by atoms with Crippen LogP contribution in [0.25, 0.3) is 0 Å². The number of nitrogens with zero attached hydrogens (tertiary/aromatic N) is 1. The van der Waals surface area contributed by atoms with E-state index in [1.807, 2.05) is 6.92 Å². The SMILES string of the molecule is CC(C(=O)O)C1CN(C(=O)NCC2(C)CCCO2)C1. The van der Waals surface area contributed by atoms with Crippen LogP contribution >= 0.6 is 0 Å². The van der Waals surface area contributed by atoms with Crippen LogP contribution in [0, 0.1) is 11.8 Å². The monoisotopic (exact) mass is 270 g/mol. The van der Waals surface area contributed by atoms with Gasteiger partial charge in [-0.05, 0) is 19.8 Å². The zero-order valence-corrected chi connectivity index (χ0v) is 11.5. The maximum atomic E-state index is 11.9. The van der Waals surface area contributed by atoms with Gasteiger partial charge in [-0.3, -0.25) is 4.79 Å². The van der Waals surface area contributed by atoms with Crippen molar-refractivity contribution in [3.05, 3.63) is 0 Å². The Balaban J connectivity index is 1.70. The first-order chi connectivity index (χ1) is 8.91. The average Bonchev–Trinajstić information content (AvgIpc) is 2.72. The van der Waals surface area contributed by atoms with Gasteiger partial charge in [0.1, 0.15) is 0 Å². The molecule has 0 bridgehead atoms. The second-order valence-electron chi connectivity index (χ2n) is 5.85. The summed E-state index contributed by atoms with van der Waals surface area (Å²) in [5.41, 5.74) is -0.242. The number of ether oxygens (including phenoxy) is 1. The topological polar surface area (TPSA) is 78.9 Å². The number of likely N-dealkylation sites (tertiary alicyclic amines) is 1. The lowest BCUT2D eigenvalue weighted by atomic mass is 9.87. The van der Waals surface area contributed by atoms with Crippen LogP contribution in [0.5, 0.6) is 0 Å². The molecule has 19 heavy (non-hydrogen) atoms. The predicted molar refractivity (Wildman–Crippen MR) is 68.9 cm³/mol. The van der Waals surface area contributed by atoms with Gasteiger partial charge in [-0.25, -0.2) is 4.79 Å². The molecule has 2 rings (SSSR count). The first kappa shape index (κ1) is 14.1. The second-order valence-corrected chi connectivity index (χ2v) is 5.85. The van der Waals surface area contributed by atoms with Crippen LogP contribution in [0.2, 0.25) is 0 Å². The van der Waals surface area contributed by atoms with Gasteiger partial charge in [-0.15, -0.1) is 0 Å². The van der Waals surface area contributed by atoms with Gasteiger partial charge in [0.05, 0.1) is 11.5 Å². The van der Waals surface area contributed by atoms with Crippen molar-refractivity contribution in [2.75, 3.05) is 26.2 Å². The molecule has 6 nitrogen and oxygen atoms in total. The van der Waals surface area contributed by atoms with E-state index in [2.05, 4.69) is 5.32 Å². The van der Waals surface area contributed by atoms with E-state index in [9.17, 15) is 9.59 Å². The maximum absolute atomic E-state index is 11.9. The van der Waals surface area contributed by atoms with Crippen LogP contribution in [-0.4, -0.2) is 53.8 Å². The fourth-order valence-electron chi connectivity index (χ4n) is 2.55. The standard InChI is InChI=1S/C13H22N2O4/c1-9(11(16)17)10-6-15(7-10)12(18)14-8-13(2)4-3-5-19-13/h9-10H,3-8H2,1-2H3,(H,14,18)(H,16,17). The Morgan fingerprint density at radius 3 is 2.74 bits per heavy atom. The first-order valence-electron chi connectivity index (χ1n) is 6.81. The number of aliphatic carboxylic acids is 1. The van der Waals surface area contributed by atoms with E-state index < -0.39 is 5.97 Å². The second kappa shape index (κ2) is 5.36. The molecule has 0 saturated carbocycles. The highest BCUT2D eigenvalue weighted by Gasteiger charge is 2.38. The van der Waals surface area contributed by atoms with E-state index >= 15 is 0 Å². The number of carbonyl (C=O) groups is 2. The van der Waals surface area contributed by atoms with E-state index in [0.717, 1.165) is 19.4 Å². The normalized spacial score (nSPS) is 28.8. The summed E-state index contributed by atoms with van der Waals surface area (Å²) in [4.78, 5) is 24.3. The molecule has 2 N–H and O–H groups in total. The van der Waals surface area contributed by atoms with E-state index in [0.29, 0.717) is 19.6 Å². The third kappa shape index (κ3) is 3.18. The van der Waals surface area contributed by atoms with Gasteiger partial charge in [0, 0.05) is 32.2 Å². The molecule has 0 aromatic heterocycles. The lowest BCUT2D eigenvalue weighted by Gasteiger charge is -2.41. The number of nitrogens with one attached hydrogen (secondary N) is 1. The average molecular weight is 270 g/mol. The highest BCUT2D eigenvalue weighted by atomic mass is 16.5. The van der Waals surface area contributed by atoms with Gasteiger partial charge in [0.2, 0.25) is 0 Å². The molecular formula is C13H22N2O4. The van der Waals surface area contributed by atoms with Crippen molar-refractivity contribution >= 4 is 12.0 Å². The van der Waals surface area contributed by atoms with Crippen LogP contribution in [0.1, 0.15) is 26.7 Å². The number of carboxylic acid groups (broad SMARTS) is 1. The van der Waals surface area contributed by atoms with E-state index in [1.165, 1.54) is 0 Å². The third-order valence-corrected chi connectivity index (χ3v) is 4.21. The third-order valence-electron chi connectivity index (χ3n) is 4.21. The summed E-state index contributed by atoms with van der Waals surface area (Å²) >= 11 is 0. The molecule has 6 heteroatoms. The molecule has 2 aliphatic heterocycles. The van der Waals surface area contributed by atoms with Gasteiger partial charge in [0.25, 0.3) is 0 Å². The van der Waals surface area contributed by atoms with Crippen molar-refractivity contribution in [3.63, 3.8) is 0 Å². The Hall–Kier alpha value is -1.30. The molecule has 2 unspecified atom stereocenters. The molecule has 2 aliphatic rings. The molecule has 0 aromatic rings. The fourth-order valence-corrected chi connectivity index (χ4v) is 2.55. The number of amides is 2. The Kier molecular flexibility index (Phi) is 3.99. The summed E-state index contributed by atoms with van der Waals surface area (Å²) in [6.45, 7) is 6.02. The number of hydrogen-bond acceptors (Lipinski definition) is 3. The Bertz CT molecular complexity index is 360. The molecule has 0 radical (unpaired) electrons. The maximum Gasteiger partial charge on any atom is 0.317 e. The lowest BCUT2D eigenvalue weighted by Crippen LogP contribution is -2.57. The number of carbonyl (C=O) groups excluding carboxylic acids is 1. The van der Waals surface area contributed by atoms with Crippen molar-refractivity contribution < 1.29 is 19.4 Å². The van der Waals surface area contributed by atoms with Crippen molar-refractivity contribution in [2.24, 2.45) is 11.8 Å². The quantitative estimate of drug-likeness (QED) is 0.796. The summed E-state index contributed by atoms with van der Waals surface area (Å²) in [5.74, 6) is -1.11. The highest BCUT2D eigenvalue weighted by molar-refractivity contribution is 5.76. The predicted octanol–water partition coefficient (Wildman–Crippen LogP) is 0.918. The first-order valence-corrected chi connectivity index (χ1v) is 6.81. The summed E-state index contributed by atoms with van der Waals surface area (Å²) < 4.78 is 5.60. The van der Waals surface area contributed by atoms with Crippen molar-refractivity contribution in [1.82, 2.24) is 10.2 Å². The molecule has 108 valence electrons. The molecule has 0 spiro atoms. The van der Waals surface area contributed by atoms with Crippen LogP contribution in [0.3, 0.4) is 0 Å². The molecule has 2 saturated heterocycles. The fraction of sp³-hybridized carbons (Fsp3) is 0.846. The van der Waals surface area contributed by atoms with Crippen LogP contribution in [0.4, 0.5) is 4.79 Å². The van der Waals surface area contributed by atoms with Crippen LogP contribution in [-0.2, 0) is 9.53 Å². The molecular weight excluding hydrogens is 248 g/mol. The van der Waals surface area contributed by atoms with Gasteiger partial charge >= 0.3 is 12.0 Å². The number of carboxylic acids is 1. The highest BCUT2D eigenvalue weighted by Crippen LogP contribution is 2.26. The lowest BCUT2D eigenvalue weighted by molar-refractivity contribution is -0.144. The zero-order chi connectivity index (χ0) is 14.0. The van der Waals surface area contributed by atoms with Gasteiger partial charge in [0.15, 0.2) is 0 Å². The van der Waals surface area contributed by atoms with E-state index in [-0.39, 0.29) is 23.5 Å². The molecule has 2 atom stereocenters. The molecule has 2 heterocycles. The van der Waals surface area contributed by atoms with Crippen LogP contribution < -0.4 is 5.32 Å². The Morgan fingerprint density at radius 1 is 1.53 bits per heavy atom. The number of hydrogen-bond donors (Lipinski definition) is 2. The molecule has 0 aromatic carbocycles. The minimum absolute atomic E-state index is 0.0709. The molecule has 0 aliphatic carbocycles. The van der Waals surface area contributed by atoms with Crippen molar-refractivity contribution in [1.29, 1.82) is 0 Å². The minimum atomic E-state index is -0.795. The smallest absolute Gasteiger partial charge is 0.317 e. The Labute approximate surface area is 113 Å². The molecule has 2 fully saturated rings. The van der Waals surface area contributed by atoms with Crippen LogP contribution in [0.15, 0.2) is 0 Å². The van der Waals surface area contributed by atoms with E-state index in [4.69, 9.17) is 9.84 Å². The zero-order valence-electron chi connectivity index (χ0n) is 11.5. The van der Waals surface area contributed by atoms with Gasteiger partial charge in [-0.2, -0.15) is 0 Å². The number of rotatable bonds is 4. The summed E-state index contributed by atoms with van der Waals surface area (Å²) in [6, 6.07) is -0.120. The summed E-state index contributed by atoms with van der Waals surface area (Å²) in [7, 11) is 0. The summed E-state index contributed by atoms with van der Waals surface area (Å²) in [5, 5.41) is 11.8. The van der Waals surface area contributed by atoms with Crippen molar-refractivity contribution in [2.45, 2.75) is 32.3 Å². The van der Waals surface area contributed by atoms with E-state index in [1.54, 1.807) is 11.8 Å². The Morgan fingerprint density at radius 2 is 2.21 bits per heavy atom. The number of urea groups is 1. The van der Waals surface area contributed by atoms with Gasteiger partial charge < -0.3 is 20.1 Å². The largest absolute Gasteiger partial charge is 0.481 e. The van der Waals surface area contributed by atoms with Gasteiger partial charge in [-0.1, -0.05) is 6.92 Å². The molecule has 2 amide bonds. The minimum Gasteiger partial charge on any atom is -0.481 e. The van der Waals surface area contributed by atoms with Crippen molar-refractivity contribution in [3.8, 4) is 0 Å².